The van der Waals surface area contributed by atoms with Crippen LogP contribution in [0.25, 0.3) is 10.9 Å². The van der Waals surface area contributed by atoms with Gasteiger partial charge in [-0.05, 0) is 44.4 Å². The third-order valence-corrected chi connectivity index (χ3v) is 6.27. The molecule has 5 rings (SSSR count). The van der Waals surface area contributed by atoms with Gasteiger partial charge in [0.1, 0.15) is 18.5 Å². The van der Waals surface area contributed by atoms with Gasteiger partial charge in [-0.25, -0.2) is 9.97 Å². The summed E-state index contributed by atoms with van der Waals surface area (Å²) in [6, 6.07) is 8.27. The number of likely N-dealkylation sites (tertiary alicyclic amines) is 1. The number of hydrogen-bond acceptors (Lipinski definition) is 5. The van der Waals surface area contributed by atoms with Crippen molar-refractivity contribution in [2.24, 2.45) is 0 Å². The van der Waals surface area contributed by atoms with Crippen LogP contribution in [0, 0.1) is 0 Å². The van der Waals surface area contributed by atoms with E-state index in [-0.39, 0.29) is 17.6 Å². The molecule has 1 saturated heterocycles. The van der Waals surface area contributed by atoms with E-state index in [9.17, 15) is 4.79 Å². The minimum absolute atomic E-state index is 0.135. The smallest absolute Gasteiger partial charge is 0.261 e. The molecule has 1 aliphatic heterocycles. The summed E-state index contributed by atoms with van der Waals surface area (Å²) in [4.78, 5) is 25.0. The fourth-order valence-corrected chi connectivity index (χ4v) is 4.88. The summed E-state index contributed by atoms with van der Waals surface area (Å²) in [5.74, 6) is 0.965. The molecule has 0 N–H and O–H groups in total. The van der Waals surface area contributed by atoms with E-state index in [0.717, 1.165) is 62.0 Å². The molecular formula is C21H26N6O. The lowest BCUT2D eigenvalue weighted by molar-refractivity contribution is 0.225. The van der Waals surface area contributed by atoms with Crippen LogP contribution in [0.4, 0.5) is 0 Å². The summed E-state index contributed by atoms with van der Waals surface area (Å²) in [6.45, 7) is 2.73. The van der Waals surface area contributed by atoms with Crippen LogP contribution in [0.1, 0.15) is 56.4 Å². The fourth-order valence-electron chi connectivity index (χ4n) is 4.88. The van der Waals surface area contributed by atoms with Gasteiger partial charge in [-0.1, -0.05) is 25.0 Å². The molecule has 28 heavy (non-hydrogen) atoms. The number of nitrogens with zero attached hydrogens (tertiary/aromatic N) is 6. The monoisotopic (exact) mass is 378 g/mol. The van der Waals surface area contributed by atoms with Crippen molar-refractivity contribution >= 4 is 10.9 Å². The molecule has 146 valence electrons. The van der Waals surface area contributed by atoms with Crippen molar-refractivity contribution in [2.75, 3.05) is 13.1 Å². The second kappa shape index (κ2) is 7.47. The van der Waals surface area contributed by atoms with Crippen molar-refractivity contribution in [2.45, 2.75) is 57.2 Å². The normalized spacial score (nSPS) is 21.1. The van der Waals surface area contributed by atoms with E-state index in [1.807, 2.05) is 33.5 Å². The Labute approximate surface area is 164 Å². The lowest BCUT2D eigenvalue weighted by Crippen LogP contribution is -2.35. The van der Waals surface area contributed by atoms with Gasteiger partial charge in [-0.3, -0.25) is 18.9 Å². The molecule has 1 aromatic carbocycles. The predicted molar refractivity (Wildman–Crippen MR) is 107 cm³/mol. The Morgan fingerprint density at radius 1 is 1.04 bits per heavy atom. The van der Waals surface area contributed by atoms with E-state index in [2.05, 4.69) is 15.0 Å². The minimum Gasteiger partial charge on any atom is -0.292 e. The van der Waals surface area contributed by atoms with Crippen LogP contribution in [0.5, 0.6) is 0 Å². The first-order chi connectivity index (χ1) is 13.8. The SMILES string of the molecule is O=c1c2ccccc2nc(C2CCCN2CCn2cncn2)n1C1CCCC1. The highest BCUT2D eigenvalue weighted by Crippen LogP contribution is 2.35. The Morgan fingerprint density at radius 2 is 1.89 bits per heavy atom. The highest BCUT2D eigenvalue weighted by molar-refractivity contribution is 5.77. The molecule has 2 aromatic heterocycles. The summed E-state index contributed by atoms with van der Waals surface area (Å²) in [7, 11) is 0. The third kappa shape index (κ3) is 3.13. The van der Waals surface area contributed by atoms with Gasteiger partial charge in [0.05, 0.1) is 23.5 Å². The standard InChI is InChI=1S/C21H26N6O/c28-21-17-8-3-4-9-18(17)24-20(27(21)16-6-1-2-7-16)19-10-5-11-25(19)12-13-26-15-22-14-23-26/h3-4,8-9,14-16,19H,1-2,5-7,10-13H2. The van der Waals surface area contributed by atoms with Crippen LogP contribution in [-0.4, -0.2) is 42.3 Å². The topological polar surface area (TPSA) is 68.8 Å². The number of benzene rings is 1. The van der Waals surface area contributed by atoms with Gasteiger partial charge in [0.2, 0.25) is 0 Å². The molecule has 1 atom stereocenters. The van der Waals surface area contributed by atoms with Gasteiger partial charge < -0.3 is 0 Å². The van der Waals surface area contributed by atoms with Crippen LogP contribution >= 0.6 is 0 Å². The zero-order chi connectivity index (χ0) is 18.9. The molecule has 1 saturated carbocycles. The van der Waals surface area contributed by atoms with Gasteiger partial charge in [0, 0.05) is 12.6 Å². The largest absolute Gasteiger partial charge is 0.292 e. The number of para-hydroxylation sites is 1. The summed E-state index contributed by atoms with van der Waals surface area (Å²) in [5, 5.41) is 4.96. The van der Waals surface area contributed by atoms with Crippen LogP contribution in [0.2, 0.25) is 0 Å². The quantitative estimate of drug-likeness (QED) is 0.683. The van der Waals surface area contributed by atoms with Gasteiger partial charge in [0.25, 0.3) is 5.56 Å². The molecule has 3 aromatic rings. The molecule has 7 nitrogen and oxygen atoms in total. The first kappa shape index (κ1) is 17.6. The van der Waals surface area contributed by atoms with Crippen molar-refractivity contribution in [3.8, 4) is 0 Å². The van der Waals surface area contributed by atoms with Crippen molar-refractivity contribution in [1.82, 2.24) is 29.2 Å². The Kier molecular flexibility index (Phi) is 4.68. The molecule has 2 aliphatic rings. The van der Waals surface area contributed by atoms with E-state index in [4.69, 9.17) is 4.98 Å². The molecule has 2 fully saturated rings. The van der Waals surface area contributed by atoms with Crippen LogP contribution in [0.15, 0.2) is 41.7 Å². The molecule has 0 bridgehead atoms. The highest BCUT2D eigenvalue weighted by Gasteiger charge is 2.32. The lowest BCUT2D eigenvalue weighted by Gasteiger charge is -2.28. The molecule has 0 spiro atoms. The second-order valence-electron chi connectivity index (χ2n) is 7.95. The average Bonchev–Trinajstić information content (AvgIpc) is 3.48. The highest BCUT2D eigenvalue weighted by atomic mass is 16.1. The van der Waals surface area contributed by atoms with Crippen molar-refractivity contribution < 1.29 is 0 Å². The van der Waals surface area contributed by atoms with Crippen molar-refractivity contribution in [1.29, 1.82) is 0 Å². The molecule has 0 radical (unpaired) electrons. The Morgan fingerprint density at radius 3 is 2.71 bits per heavy atom. The molecule has 7 heteroatoms. The lowest BCUT2D eigenvalue weighted by atomic mass is 10.1. The predicted octanol–water partition coefficient (Wildman–Crippen LogP) is 2.94. The number of hydrogen-bond donors (Lipinski definition) is 0. The number of aromatic nitrogens is 5. The zero-order valence-electron chi connectivity index (χ0n) is 16.1. The average molecular weight is 378 g/mol. The maximum Gasteiger partial charge on any atom is 0.261 e. The maximum atomic E-state index is 13.4. The third-order valence-electron chi connectivity index (χ3n) is 6.27. The van der Waals surface area contributed by atoms with Crippen LogP contribution < -0.4 is 5.56 Å². The first-order valence-electron chi connectivity index (χ1n) is 10.4. The summed E-state index contributed by atoms with van der Waals surface area (Å²) >= 11 is 0. The second-order valence-corrected chi connectivity index (χ2v) is 7.95. The molecule has 0 amide bonds. The maximum absolute atomic E-state index is 13.4. The number of fused-ring (bicyclic) bond motifs is 1. The van der Waals surface area contributed by atoms with Crippen molar-refractivity contribution in [3.63, 3.8) is 0 Å². The summed E-state index contributed by atoms with van der Waals surface area (Å²) in [5.41, 5.74) is 0.954. The van der Waals surface area contributed by atoms with Crippen LogP contribution in [-0.2, 0) is 6.54 Å². The van der Waals surface area contributed by atoms with E-state index in [1.54, 1.807) is 12.7 Å². The van der Waals surface area contributed by atoms with Gasteiger partial charge in [-0.15, -0.1) is 0 Å². The fraction of sp³-hybridized carbons (Fsp3) is 0.524. The van der Waals surface area contributed by atoms with Crippen LogP contribution in [0.3, 0.4) is 0 Å². The molecule has 1 unspecified atom stereocenters. The van der Waals surface area contributed by atoms with E-state index in [1.165, 1.54) is 12.8 Å². The van der Waals surface area contributed by atoms with Gasteiger partial charge >= 0.3 is 0 Å². The minimum atomic E-state index is 0.135. The van der Waals surface area contributed by atoms with Crippen molar-refractivity contribution in [3.05, 3.63) is 53.1 Å². The summed E-state index contributed by atoms with van der Waals surface area (Å²) < 4.78 is 3.92. The van der Waals surface area contributed by atoms with E-state index in [0.29, 0.717) is 0 Å². The Hall–Kier alpha value is -2.54. The van der Waals surface area contributed by atoms with Gasteiger partial charge in [-0.2, -0.15) is 5.10 Å². The first-order valence-corrected chi connectivity index (χ1v) is 10.4. The van der Waals surface area contributed by atoms with E-state index < -0.39 is 0 Å². The summed E-state index contributed by atoms with van der Waals surface area (Å²) in [6.07, 6.45) is 10.1. The number of rotatable bonds is 5. The molecule has 1 aliphatic carbocycles. The Balaban J connectivity index is 1.54. The van der Waals surface area contributed by atoms with E-state index >= 15 is 0 Å². The Bertz CT molecular complexity index is 1010. The molecule has 3 heterocycles. The zero-order valence-corrected chi connectivity index (χ0v) is 16.1. The van der Waals surface area contributed by atoms with Gasteiger partial charge in [0.15, 0.2) is 0 Å². The molecular weight excluding hydrogens is 352 g/mol.